The Kier molecular flexibility index (Phi) is 4.94. The Morgan fingerprint density at radius 2 is 2.00 bits per heavy atom. The van der Waals surface area contributed by atoms with Crippen LogP contribution in [0.3, 0.4) is 0 Å². The van der Waals surface area contributed by atoms with Crippen molar-refractivity contribution in [3.63, 3.8) is 0 Å². The normalized spacial score (nSPS) is 16.7. The third-order valence-electron chi connectivity index (χ3n) is 5.29. The van der Waals surface area contributed by atoms with Crippen molar-refractivity contribution in [2.45, 2.75) is 6.10 Å². The summed E-state index contributed by atoms with van der Waals surface area (Å²) in [4.78, 5) is 14.5. The van der Waals surface area contributed by atoms with Crippen LogP contribution in [0.15, 0.2) is 59.4 Å². The molecule has 152 valence electrons. The molecule has 1 amide bonds. The van der Waals surface area contributed by atoms with Crippen molar-refractivity contribution in [3.05, 3.63) is 70.7 Å². The van der Waals surface area contributed by atoms with Crippen LogP contribution < -0.4 is 4.74 Å². The smallest absolute Gasteiger partial charge is 0.254 e. The van der Waals surface area contributed by atoms with E-state index in [4.69, 9.17) is 9.47 Å². The lowest BCUT2D eigenvalue weighted by Crippen LogP contribution is -2.42. The maximum absolute atomic E-state index is 12.7. The minimum absolute atomic E-state index is 0.0304. The van der Waals surface area contributed by atoms with Crippen molar-refractivity contribution >= 4 is 22.8 Å². The molecule has 1 saturated heterocycles. The van der Waals surface area contributed by atoms with Crippen LogP contribution >= 0.6 is 11.3 Å². The first-order valence-corrected chi connectivity index (χ1v) is 10.6. The van der Waals surface area contributed by atoms with Crippen LogP contribution in [0.2, 0.25) is 0 Å². The van der Waals surface area contributed by atoms with Gasteiger partial charge in [0.25, 0.3) is 5.91 Å². The summed E-state index contributed by atoms with van der Waals surface area (Å²) in [6.07, 6.45) is 1.65. The minimum atomic E-state index is -0.300. The Morgan fingerprint density at radius 1 is 1.17 bits per heavy atom. The lowest BCUT2D eigenvalue weighted by atomic mass is 10.1. The molecule has 1 aromatic carbocycles. The van der Waals surface area contributed by atoms with Gasteiger partial charge in [-0.2, -0.15) is 11.3 Å². The molecule has 4 heterocycles. The second-order valence-electron chi connectivity index (χ2n) is 7.07. The molecule has 3 aromatic heterocycles. The van der Waals surface area contributed by atoms with Crippen molar-refractivity contribution < 1.29 is 14.3 Å². The molecule has 4 aromatic rings. The highest BCUT2D eigenvalue weighted by Crippen LogP contribution is 2.28. The van der Waals surface area contributed by atoms with E-state index in [1.54, 1.807) is 11.6 Å². The predicted octanol–water partition coefficient (Wildman–Crippen LogP) is 3.68. The molecule has 8 heteroatoms. The molecular formula is C22H20N4O3S. The monoisotopic (exact) mass is 420 g/mol. The second-order valence-corrected chi connectivity index (χ2v) is 7.85. The Morgan fingerprint density at radius 3 is 2.77 bits per heavy atom. The fraction of sp³-hybridized carbons (Fsp3) is 0.227. The number of aromatic nitrogens is 3. The topological polar surface area (TPSA) is 69.0 Å². The van der Waals surface area contributed by atoms with E-state index in [0.29, 0.717) is 19.7 Å². The van der Waals surface area contributed by atoms with Crippen LogP contribution in [-0.4, -0.2) is 52.4 Å². The van der Waals surface area contributed by atoms with Gasteiger partial charge >= 0.3 is 0 Å². The van der Waals surface area contributed by atoms with E-state index in [1.807, 2.05) is 64.3 Å². The zero-order chi connectivity index (χ0) is 20.5. The number of pyridine rings is 1. The van der Waals surface area contributed by atoms with Gasteiger partial charge in [0.2, 0.25) is 0 Å². The zero-order valence-corrected chi connectivity index (χ0v) is 17.2. The Labute approximate surface area is 177 Å². The summed E-state index contributed by atoms with van der Waals surface area (Å²) in [6, 6.07) is 13.8. The predicted molar refractivity (Wildman–Crippen MR) is 114 cm³/mol. The maximum atomic E-state index is 12.7. The molecule has 1 aliphatic rings. The molecule has 1 unspecified atom stereocenters. The number of carbonyl (C=O) groups excluding carboxylic acids is 1. The summed E-state index contributed by atoms with van der Waals surface area (Å²) in [5, 5.41) is 12.5. The van der Waals surface area contributed by atoms with Crippen molar-refractivity contribution in [2.24, 2.45) is 0 Å². The van der Waals surface area contributed by atoms with Crippen molar-refractivity contribution in [1.29, 1.82) is 0 Å². The van der Waals surface area contributed by atoms with E-state index in [0.717, 1.165) is 33.7 Å². The number of fused-ring (bicyclic) bond motifs is 1. The SMILES string of the molecule is COc1ccc(-c2ccc3c(C4CN(C(=O)c5ccsc5)CCO4)nnn3c2)cc1. The van der Waals surface area contributed by atoms with Crippen molar-refractivity contribution in [1.82, 2.24) is 19.7 Å². The fourth-order valence-electron chi connectivity index (χ4n) is 3.67. The van der Waals surface area contributed by atoms with Gasteiger partial charge in [-0.05, 0) is 35.2 Å². The Hall–Kier alpha value is -3.23. The van der Waals surface area contributed by atoms with Gasteiger partial charge in [0, 0.05) is 23.7 Å². The van der Waals surface area contributed by atoms with Gasteiger partial charge in [-0.15, -0.1) is 5.10 Å². The minimum Gasteiger partial charge on any atom is -0.497 e. The third-order valence-corrected chi connectivity index (χ3v) is 5.97. The van der Waals surface area contributed by atoms with Crippen LogP contribution in [-0.2, 0) is 4.74 Å². The van der Waals surface area contributed by atoms with Gasteiger partial charge in [-0.3, -0.25) is 4.79 Å². The lowest BCUT2D eigenvalue weighted by Gasteiger charge is -2.32. The number of ether oxygens (including phenoxy) is 2. The molecule has 0 radical (unpaired) electrons. The molecule has 0 aliphatic carbocycles. The highest BCUT2D eigenvalue weighted by Gasteiger charge is 2.29. The van der Waals surface area contributed by atoms with Gasteiger partial charge in [0.05, 0.1) is 31.3 Å². The summed E-state index contributed by atoms with van der Waals surface area (Å²) in [5.41, 5.74) is 4.44. The molecule has 0 N–H and O–H groups in total. The number of methoxy groups -OCH3 is 1. The fourth-order valence-corrected chi connectivity index (χ4v) is 4.29. The second kappa shape index (κ2) is 7.89. The number of amides is 1. The molecule has 7 nitrogen and oxygen atoms in total. The summed E-state index contributed by atoms with van der Waals surface area (Å²) < 4.78 is 12.9. The average Bonchev–Trinajstić information content (AvgIpc) is 3.48. The van der Waals surface area contributed by atoms with E-state index in [9.17, 15) is 4.79 Å². The largest absolute Gasteiger partial charge is 0.497 e. The highest BCUT2D eigenvalue weighted by molar-refractivity contribution is 7.08. The van der Waals surface area contributed by atoms with Crippen LogP contribution in [0.5, 0.6) is 5.75 Å². The summed E-state index contributed by atoms with van der Waals surface area (Å²) in [5.74, 6) is 0.849. The van der Waals surface area contributed by atoms with Gasteiger partial charge in [0.15, 0.2) is 0 Å². The molecule has 0 spiro atoms. The van der Waals surface area contributed by atoms with Gasteiger partial charge in [0.1, 0.15) is 17.5 Å². The van der Waals surface area contributed by atoms with Crippen LogP contribution in [0.1, 0.15) is 22.2 Å². The molecule has 0 bridgehead atoms. The number of nitrogens with zero attached hydrogens (tertiary/aromatic N) is 4. The van der Waals surface area contributed by atoms with Crippen LogP contribution in [0.25, 0.3) is 16.6 Å². The van der Waals surface area contributed by atoms with E-state index in [-0.39, 0.29) is 12.0 Å². The lowest BCUT2D eigenvalue weighted by molar-refractivity contribution is -0.0241. The standard InChI is InChI=1S/C22H20N4O3S/c1-28-18-5-2-15(3-6-18)16-4-7-19-21(23-24-26(19)12-16)20-13-25(9-10-29-20)22(27)17-8-11-30-14-17/h2-8,11-12,14,20H,9-10,13H2,1H3. The maximum Gasteiger partial charge on any atom is 0.254 e. The summed E-state index contributed by atoms with van der Waals surface area (Å²) in [6.45, 7) is 1.51. The van der Waals surface area contributed by atoms with Crippen LogP contribution in [0, 0.1) is 0 Å². The number of hydrogen-bond acceptors (Lipinski definition) is 6. The highest BCUT2D eigenvalue weighted by atomic mass is 32.1. The van der Waals surface area contributed by atoms with E-state index >= 15 is 0 Å². The number of rotatable bonds is 4. The first kappa shape index (κ1) is 18.8. The van der Waals surface area contributed by atoms with Crippen molar-refractivity contribution in [3.8, 4) is 16.9 Å². The van der Waals surface area contributed by atoms with Crippen LogP contribution in [0.4, 0.5) is 0 Å². The van der Waals surface area contributed by atoms with Gasteiger partial charge < -0.3 is 14.4 Å². The van der Waals surface area contributed by atoms with E-state index < -0.39 is 0 Å². The number of carbonyl (C=O) groups is 1. The first-order valence-electron chi connectivity index (χ1n) is 9.65. The van der Waals surface area contributed by atoms with E-state index in [2.05, 4.69) is 10.3 Å². The molecule has 1 atom stereocenters. The quantitative estimate of drug-likeness (QED) is 0.504. The molecular weight excluding hydrogens is 400 g/mol. The number of benzene rings is 1. The number of morpholine rings is 1. The average molecular weight is 420 g/mol. The summed E-state index contributed by atoms with van der Waals surface area (Å²) >= 11 is 1.52. The number of hydrogen-bond donors (Lipinski definition) is 0. The van der Waals surface area contributed by atoms with E-state index in [1.165, 1.54) is 11.3 Å². The third kappa shape index (κ3) is 3.44. The number of thiophene rings is 1. The Balaban J connectivity index is 1.40. The molecule has 1 fully saturated rings. The Bertz CT molecular complexity index is 1170. The molecule has 1 aliphatic heterocycles. The van der Waals surface area contributed by atoms with Crippen molar-refractivity contribution in [2.75, 3.05) is 26.8 Å². The van der Waals surface area contributed by atoms with Gasteiger partial charge in [-0.1, -0.05) is 23.4 Å². The molecule has 5 rings (SSSR count). The first-order chi connectivity index (χ1) is 14.7. The summed E-state index contributed by atoms with van der Waals surface area (Å²) in [7, 11) is 1.65. The molecule has 30 heavy (non-hydrogen) atoms. The molecule has 0 saturated carbocycles. The van der Waals surface area contributed by atoms with Gasteiger partial charge in [-0.25, -0.2) is 4.52 Å². The zero-order valence-electron chi connectivity index (χ0n) is 16.4.